The molecule has 12 heavy (non-hydrogen) atoms. The van der Waals surface area contributed by atoms with Crippen molar-refractivity contribution in [1.29, 1.82) is 0 Å². The molecule has 0 saturated carbocycles. The van der Waals surface area contributed by atoms with Gasteiger partial charge < -0.3 is 14.9 Å². The predicted molar refractivity (Wildman–Crippen MR) is 45.8 cm³/mol. The van der Waals surface area contributed by atoms with E-state index in [1.165, 1.54) is 0 Å². The lowest BCUT2D eigenvalue weighted by molar-refractivity contribution is -0.126. The van der Waals surface area contributed by atoms with Gasteiger partial charge in [-0.15, -0.1) is 0 Å². The van der Waals surface area contributed by atoms with E-state index in [0.29, 0.717) is 18.8 Å². The summed E-state index contributed by atoms with van der Waals surface area (Å²) in [6.45, 7) is 4.15. The van der Waals surface area contributed by atoms with E-state index in [1.807, 2.05) is 0 Å². The van der Waals surface area contributed by atoms with Crippen LogP contribution in [0.2, 0.25) is 0 Å². The van der Waals surface area contributed by atoms with Crippen LogP contribution in [0.4, 0.5) is 0 Å². The Balaban J connectivity index is 2.45. The van der Waals surface area contributed by atoms with E-state index in [1.54, 1.807) is 0 Å². The second-order valence-electron chi connectivity index (χ2n) is 3.85. The molecule has 1 unspecified atom stereocenters. The molecule has 0 radical (unpaired) electrons. The number of hydrogen-bond acceptors (Lipinski definition) is 3. The Hall–Kier alpha value is -0.120. The zero-order valence-corrected chi connectivity index (χ0v) is 7.73. The van der Waals surface area contributed by atoms with Gasteiger partial charge in [-0.25, -0.2) is 0 Å². The van der Waals surface area contributed by atoms with E-state index in [9.17, 15) is 5.11 Å². The number of rotatable bonds is 2. The zero-order chi connectivity index (χ0) is 9.14. The van der Waals surface area contributed by atoms with Gasteiger partial charge in [-0.05, 0) is 12.3 Å². The van der Waals surface area contributed by atoms with Gasteiger partial charge in [0.2, 0.25) is 0 Å². The lowest BCUT2D eigenvalue weighted by Crippen LogP contribution is -2.39. The summed E-state index contributed by atoms with van der Waals surface area (Å²) in [6, 6.07) is 0. The van der Waals surface area contributed by atoms with Crippen LogP contribution >= 0.6 is 0 Å². The lowest BCUT2D eigenvalue weighted by Gasteiger charge is -2.34. The molecule has 0 aromatic rings. The largest absolute Gasteiger partial charge is 0.394 e. The highest BCUT2D eigenvalue weighted by atomic mass is 16.5. The molecule has 0 aromatic carbocycles. The molecular formula is C9H18O3. The number of aliphatic hydroxyl groups is 2. The van der Waals surface area contributed by atoms with Crippen molar-refractivity contribution in [3.63, 3.8) is 0 Å². The van der Waals surface area contributed by atoms with Gasteiger partial charge in [0.25, 0.3) is 0 Å². The highest BCUT2D eigenvalue weighted by Gasteiger charge is 2.29. The smallest absolute Gasteiger partial charge is 0.0834 e. The summed E-state index contributed by atoms with van der Waals surface area (Å²) in [5.41, 5.74) is 0. The first kappa shape index (κ1) is 9.96. The standard InChI is InChI=1S/C9H18O3/c1-6(2)9-4-7(11)3-8(5-10)12-9/h6-11H,3-5H2,1-2H3/t7-,8-,9?/m0/s1. The Morgan fingerprint density at radius 3 is 2.58 bits per heavy atom. The van der Waals surface area contributed by atoms with E-state index >= 15 is 0 Å². The van der Waals surface area contributed by atoms with Crippen molar-refractivity contribution in [3.8, 4) is 0 Å². The van der Waals surface area contributed by atoms with Crippen LogP contribution in [0, 0.1) is 5.92 Å². The molecular weight excluding hydrogens is 156 g/mol. The minimum atomic E-state index is -0.303. The molecule has 0 aromatic heterocycles. The maximum absolute atomic E-state index is 9.44. The molecule has 0 spiro atoms. The lowest BCUT2D eigenvalue weighted by atomic mass is 9.94. The summed E-state index contributed by atoms with van der Waals surface area (Å²) in [5, 5.41) is 18.3. The van der Waals surface area contributed by atoms with Crippen molar-refractivity contribution < 1.29 is 14.9 Å². The highest BCUT2D eigenvalue weighted by molar-refractivity contribution is 4.78. The Morgan fingerprint density at radius 2 is 2.08 bits per heavy atom. The van der Waals surface area contributed by atoms with Gasteiger partial charge in [0.05, 0.1) is 24.9 Å². The highest BCUT2D eigenvalue weighted by Crippen LogP contribution is 2.24. The number of ether oxygens (including phenoxy) is 1. The van der Waals surface area contributed by atoms with E-state index in [4.69, 9.17) is 9.84 Å². The van der Waals surface area contributed by atoms with Crippen LogP contribution < -0.4 is 0 Å². The van der Waals surface area contributed by atoms with Gasteiger partial charge in [-0.3, -0.25) is 0 Å². The summed E-state index contributed by atoms with van der Waals surface area (Å²) in [7, 11) is 0. The molecule has 0 bridgehead atoms. The third kappa shape index (κ3) is 2.44. The van der Waals surface area contributed by atoms with Gasteiger partial charge in [0.15, 0.2) is 0 Å². The van der Waals surface area contributed by atoms with Crippen molar-refractivity contribution >= 4 is 0 Å². The molecule has 1 aliphatic heterocycles. The average molecular weight is 174 g/mol. The molecule has 2 N–H and O–H groups in total. The average Bonchev–Trinajstić information content (AvgIpc) is 2.03. The predicted octanol–water partition coefficient (Wildman–Crippen LogP) is 0.543. The molecule has 1 rings (SSSR count). The first-order valence-corrected chi connectivity index (χ1v) is 4.58. The van der Waals surface area contributed by atoms with Crippen molar-refractivity contribution in [1.82, 2.24) is 0 Å². The fourth-order valence-electron chi connectivity index (χ4n) is 1.57. The van der Waals surface area contributed by atoms with E-state index in [2.05, 4.69) is 13.8 Å². The van der Waals surface area contributed by atoms with Gasteiger partial charge in [0.1, 0.15) is 0 Å². The summed E-state index contributed by atoms with van der Waals surface area (Å²) in [4.78, 5) is 0. The summed E-state index contributed by atoms with van der Waals surface area (Å²) >= 11 is 0. The third-order valence-electron chi connectivity index (χ3n) is 2.35. The monoisotopic (exact) mass is 174 g/mol. The van der Waals surface area contributed by atoms with Crippen LogP contribution in [0.25, 0.3) is 0 Å². The normalized spacial score (nSPS) is 37.2. The number of aliphatic hydroxyl groups excluding tert-OH is 2. The summed E-state index contributed by atoms with van der Waals surface area (Å²) < 4.78 is 5.56. The quantitative estimate of drug-likeness (QED) is 0.642. The van der Waals surface area contributed by atoms with Crippen LogP contribution in [-0.2, 0) is 4.74 Å². The minimum absolute atomic E-state index is 0.0142. The van der Waals surface area contributed by atoms with Gasteiger partial charge in [-0.2, -0.15) is 0 Å². The summed E-state index contributed by atoms with van der Waals surface area (Å²) in [6.07, 6.45) is 0.906. The molecule has 1 saturated heterocycles. The fraction of sp³-hybridized carbons (Fsp3) is 1.00. The number of hydrogen-bond donors (Lipinski definition) is 2. The van der Waals surface area contributed by atoms with Crippen LogP contribution in [0.3, 0.4) is 0 Å². The molecule has 1 fully saturated rings. The van der Waals surface area contributed by atoms with E-state index in [0.717, 1.165) is 0 Å². The van der Waals surface area contributed by atoms with Crippen LogP contribution in [0.15, 0.2) is 0 Å². The van der Waals surface area contributed by atoms with Crippen molar-refractivity contribution in [2.45, 2.75) is 45.0 Å². The third-order valence-corrected chi connectivity index (χ3v) is 2.35. The van der Waals surface area contributed by atoms with Crippen molar-refractivity contribution in [3.05, 3.63) is 0 Å². The summed E-state index contributed by atoms with van der Waals surface area (Å²) in [5.74, 6) is 0.411. The van der Waals surface area contributed by atoms with Crippen LogP contribution in [-0.4, -0.2) is 35.1 Å². The topological polar surface area (TPSA) is 49.7 Å². The van der Waals surface area contributed by atoms with Crippen molar-refractivity contribution in [2.75, 3.05) is 6.61 Å². The Morgan fingerprint density at radius 1 is 1.42 bits per heavy atom. The molecule has 0 amide bonds. The SMILES string of the molecule is CC(C)C1C[C@@H](O)C[C@@H](CO)O1. The Labute approximate surface area is 73.4 Å². The second kappa shape index (κ2) is 4.21. The fourth-order valence-corrected chi connectivity index (χ4v) is 1.57. The van der Waals surface area contributed by atoms with Gasteiger partial charge >= 0.3 is 0 Å². The molecule has 3 heteroatoms. The molecule has 1 aliphatic rings. The first-order valence-electron chi connectivity index (χ1n) is 4.58. The van der Waals surface area contributed by atoms with Crippen LogP contribution in [0.5, 0.6) is 0 Å². The minimum Gasteiger partial charge on any atom is -0.394 e. The zero-order valence-electron chi connectivity index (χ0n) is 7.73. The van der Waals surface area contributed by atoms with Crippen LogP contribution in [0.1, 0.15) is 26.7 Å². The molecule has 72 valence electrons. The molecule has 3 atom stereocenters. The Bertz CT molecular complexity index is 136. The Kier molecular flexibility index (Phi) is 3.50. The molecule has 0 aliphatic carbocycles. The maximum atomic E-state index is 9.44. The van der Waals surface area contributed by atoms with Gasteiger partial charge in [0, 0.05) is 6.42 Å². The van der Waals surface area contributed by atoms with Gasteiger partial charge in [-0.1, -0.05) is 13.8 Å². The molecule has 3 nitrogen and oxygen atoms in total. The second-order valence-corrected chi connectivity index (χ2v) is 3.85. The molecule has 1 heterocycles. The van der Waals surface area contributed by atoms with E-state index < -0.39 is 0 Å². The van der Waals surface area contributed by atoms with E-state index in [-0.39, 0.29) is 24.9 Å². The van der Waals surface area contributed by atoms with Crippen molar-refractivity contribution in [2.24, 2.45) is 5.92 Å². The first-order chi connectivity index (χ1) is 5.63. The maximum Gasteiger partial charge on any atom is 0.0834 e.